The minimum Gasteiger partial charge on any atom is -0.391 e. The highest BCUT2D eigenvalue weighted by atomic mass is 16.3. The lowest BCUT2D eigenvalue weighted by molar-refractivity contribution is -0.121. The van der Waals surface area contributed by atoms with E-state index in [1.165, 1.54) is 6.42 Å². The summed E-state index contributed by atoms with van der Waals surface area (Å²) in [6.45, 7) is 8.76. The first kappa shape index (κ1) is 15.4. The second-order valence-electron chi connectivity index (χ2n) is 6.62. The Hall–Kier alpha value is -0.610. The number of amides is 1. The molecule has 0 aliphatic carbocycles. The standard InChI is InChI=1S/C14H28N2O2/c1-14(2,3)8-12(17)10-16-13(18)5-4-11-6-7-15-9-11/h11-12,15,17H,4-10H2,1-3H3,(H,16,18). The van der Waals surface area contributed by atoms with Gasteiger partial charge in [0.05, 0.1) is 6.10 Å². The molecule has 106 valence electrons. The molecule has 0 aromatic heterocycles. The summed E-state index contributed by atoms with van der Waals surface area (Å²) in [5, 5.41) is 15.9. The molecule has 4 heteroatoms. The third kappa shape index (κ3) is 6.97. The Labute approximate surface area is 111 Å². The average Bonchev–Trinajstić information content (AvgIpc) is 2.74. The summed E-state index contributed by atoms with van der Waals surface area (Å²) in [7, 11) is 0. The van der Waals surface area contributed by atoms with Crippen LogP contribution in [0.25, 0.3) is 0 Å². The van der Waals surface area contributed by atoms with Crippen molar-refractivity contribution in [3.8, 4) is 0 Å². The number of aliphatic hydroxyl groups is 1. The van der Waals surface area contributed by atoms with E-state index in [-0.39, 0.29) is 11.3 Å². The van der Waals surface area contributed by atoms with Crippen LogP contribution in [0.5, 0.6) is 0 Å². The molecule has 3 N–H and O–H groups in total. The van der Waals surface area contributed by atoms with Crippen LogP contribution in [-0.4, -0.2) is 36.8 Å². The zero-order chi connectivity index (χ0) is 13.6. The largest absolute Gasteiger partial charge is 0.391 e. The summed E-state index contributed by atoms with van der Waals surface area (Å²) in [5.74, 6) is 0.713. The molecule has 0 spiro atoms. The van der Waals surface area contributed by atoms with Crippen LogP contribution in [0, 0.1) is 11.3 Å². The second kappa shape index (κ2) is 7.10. The normalized spacial score (nSPS) is 21.9. The van der Waals surface area contributed by atoms with Crippen LogP contribution < -0.4 is 10.6 Å². The summed E-state index contributed by atoms with van der Waals surface area (Å²) in [6.07, 6.45) is 2.98. The van der Waals surface area contributed by atoms with Crippen LogP contribution in [0.4, 0.5) is 0 Å². The number of hydrogen-bond acceptors (Lipinski definition) is 3. The number of nitrogens with one attached hydrogen (secondary N) is 2. The van der Waals surface area contributed by atoms with Gasteiger partial charge in [-0.25, -0.2) is 0 Å². The highest BCUT2D eigenvalue weighted by molar-refractivity contribution is 5.75. The van der Waals surface area contributed by atoms with Gasteiger partial charge >= 0.3 is 0 Å². The number of aliphatic hydroxyl groups excluding tert-OH is 1. The van der Waals surface area contributed by atoms with Gasteiger partial charge < -0.3 is 15.7 Å². The van der Waals surface area contributed by atoms with Gasteiger partial charge in [-0.1, -0.05) is 20.8 Å². The molecule has 1 amide bonds. The maximum Gasteiger partial charge on any atom is 0.220 e. The van der Waals surface area contributed by atoms with E-state index >= 15 is 0 Å². The van der Waals surface area contributed by atoms with Crippen LogP contribution in [0.1, 0.15) is 46.5 Å². The molecule has 0 radical (unpaired) electrons. The van der Waals surface area contributed by atoms with Crippen molar-refractivity contribution in [3.05, 3.63) is 0 Å². The smallest absolute Gasteiger partial charge is 0.220 e. The van der Waals surface area contributed by atoms with Crippen LogP contribution in [0.2, 0.25) is 0 Å². The molecule has 4 nitrogen and oxygen atoms in total. The molecule has 1 fully saturated rings. The summed E-state index contributed by atoms with van der Waals surface area (Å²) in [5.41, 5.74) is 0.0969. The van der Waals surface area contributed by atoms with Gasteiger partial charge in [0, 0.05) is 13.0 Å². The lowest BCUT2D eigenvalue weighted by atomic mass is 9.89. The van der Waals surface area contributed by atoms with Crippen molar-refractivity contribution in [2.75, 3.05) is 19.6 Å². The predicted octanol–water partition coefficient (Wildman–Crippen LogP) is 1.29. The SMILES string of the molecule is CC(C)(C)CC(O)CNC(=O)CCC1CCNC1. The van der Waals surface area contributed by atoms with E-state index in [1.54, 1.807) is 0 Å². The second-order valence-corrected chi connectivity index (χ2v) is 6.62. The molecule has 0 saturated carbocycles. The zero-order valence-electron chi connectivity index (χ0n) is 12.0. The monoisotopic (exact) mass is 256 g/mol. The fraction of sp³-hybridized carbons (Fsp3) is 0.929. The maximum absolute atomic E-state index is 11.6. The first-order valence-electron chi connectivity index (χ1n) is 7.02. The van der Waals surface area contributed by atoms with Gasteiger partial charge in [-0.15, -0.1) is 0 Å². The molecule has 2 atom stereocenters. The Morgan fingerprint density at radius 2 is 2.22 bits per heavy atom. The highest BCUT2D eigenvalue weighted by Crippen LogP contribution is 2.20. The molecule has 2 unspecified atom stereocenters. The van der Waals surface area contributed by atoms with Crippen molar-refractivity contribution in [3.63, 3.8) is 0 Å². The van der Waals surface area contributed by atoms with Gasteiger partial charge in [0.15, 0.2) is 0 Å². The van der Waals surface area contributed by atoms with E-state index in [0.29, 0.717) is 25.3 Å². The number of hydrogen-bond donors (Lipinski definition) is 3. The van der Waals surface area contributed by atoms with Crippen molar-refractivity contribution >= 4 is 5.91 Å². The van der Waals surface area contributed by atoms with Crippen LogP contribution >= 0.6 is 0 Å². The van der Waals surface area contributed by atoms with E-state index < -0.39 is 6.10 Å². The predicted molar refractivity (Wildman–Crippen MR) is 73.3 cm³/mol. The fourth-order valence-corrected chi connectivity index (χ4v) is 2.40. The Kier molecular flexibility index (Phi) is 6.09. The third-order valence-electron chi connectivity index (χ3n) is 3.32. The van der Waals surface area contributed by atoms with Gasteiger partial charge in [0.25, 0.3) is 0 Å². The molecule has 18 heavy (non-hydrogen) atoms. The Balaban J connectivity index is 2.08. The molecule has 1 aliphatic rings. The van der Waals surface area contributed by atoms with Crippen LogP contribution in [-0.2, 0) is 4.79 Å². The van der Waals surface area contributed by atoms with E-state index in [1.807, 2.05) is 0 Å². The van der Waals surface area contributed by atoms with E-state index in [0.717, 1.165) is 19.5 Å². The van der Waals surface area contributed by atoms with Crippen molar-refractivity contribution in [2.24, 2.45) is 11.3 Å². The molecule has 0 bridgehead atoms. The number of carbonyl (C=O) groups is 1. The Bertz CT molecular complexity index is 255. The van der Waals surface area contributed by atoms with Crippen LogP contribution in [0.3, 0.4) is 0 Å². The molecule has 1 aliphatic heterocycles. The Morgan fingerprint density at radius 1 is 1.50 bits per heavy atom. The molecule has 1 rings (SSSR count). The average molecular weight is 256 g/mol. The molecule has 0 aromatic rings. The van der Waals surface area contributed by atoms with E-state index in [2.05, 4.69) is 31.4 Å². The van der Waals surface area contributed by atoms with Crippen molar-refractivity contribution in [2.45, 2.75) is 52.6 Å². The lowest BCUT2D eigenvalue weighted by Gasteiger charge is -2.22. The molecule has 0 aromatic carbocycles. The van der Waals surface area contributed by atoms with Gasteiger partial charge in [0.1, 0.15) is 0 Å². The third-order valence-corrected chi connectivity index (χ3v) is 3.32. The fourth-order valence-electron chi connectivity index (χ4n) is 2.40. The first-order valence-corrected chi connectivity index (χ1v) is 7.02. The minimum absolute atomic E-state index is 0.0647. The number of carbonyl (C=O) groups excluding carboxylic acids is 1. The first-order chi connectivity index (χ1) is 8.37. The quantitative estimate of drug-likeness (QED) is 0.671. The van der Waals surface area contributed by atoms with Gasteiger partial charge in [-0.2, -0.15) is 0 Å². The number of rotatable bonds is 6. The highest BCUT2D eigenvalue weighted by Gasteiger charge is 2.18. The van der Waals surface area contributed by atoms with E-state index in [9.17, 15) is 9.90 Å². The molecule has 1 saturated heterocycles. The molecular weight excluding hydrogens is 228 g/mol. The van der Waals surface area contributed by atoms with Gasteiger partial charge in [-0.3, -0.25) is 4.79 Å². The topological polar surface area (TPSA) is 61.4 Å². The molecule has 1 heterocycles. The van der Waals surface area contributed by atoms with Gasteiger partial charge in [0.2, 0.25) is 5.91 Å². The van der Waals surface area contributed by atoms with Crippen molar-refractivity contribution < 1.29 is 9.90 Å². The zero-order valence-corrected chi connectivity index (χ0v) is 12.0. The van der Waals surface area contributed by atoms with Crippen molar-refractivity contribution in [1.82, 2.24) is 10.6 Å². The summed E-state index contributed by atoms with van der Waals surface area (Å²) < 4.78 is 0. The van der Waals surface area contributed by atoms with Crippen LogP contribution in [0.15, 0.2) is 0 Å². The van der Waals surface area contributed by atoms with E-state index in [4.69, 9.17) is 0 Å². The summed E-state index contributed by atoms with van der Waals surface area (Å²) in [6, 6.07) is 0. The maximum atomic E-state index is 11.6. The van der Waals surface area contributed by atoms with Crippen molar-refractivity contribution in [1.29, 1.82) is 0 Å². The summed E-state index contributed by atoms with van der Waals surface area (Å²) >= 11 is 0. The minimum atomic E-state index is -0.443. The lowest BCUT2D eigenvalue weighted by Crippen LogP contribution is -2.34. The Morgan fingerprint density at radius 3 is 2.78 bits per heavy atom. The van der Waals surface area contributed by atoms with Gasteiger partial charge in [-0.05, 0) is 43.7 Å². The molecular formula is C14H28N2O2. The summed E-state index contributed by atoms with van der Waals surface area (Å²) in [4.78, 5) is 11.6.